The van der Waals surface area contributed by atoms with Crippen LogP contribution in [0.25, 0.3) is 11.1 Å². The molecule has 3 aromatic rings. The van der Waals surface area contributed by atoms with Crippen molar-refractivity contribution in [3.05, 3.63) is 77.6 Å². The van der Waals surface area contributed by atoms with Crippen molar-refractivity contribution in [2.45, 2.75) is 18.7 Å². The highest BCUT2D eigenvalue weighted by Crippen LogP contribution is 2.27. The van der Waals surface area contributed by atoms with Gasteiger partial charge in [0, 0.05) is 11.8 Å². The maximum atomic E-state index is 12.9. The number of methoxy groups -OCH3 is 1. The van der Waals surface area contributed by atoms with Crippen molar-refractivity contribution in [2.24, 2.45) is 0 Å². The van der Waals surface area contributed by atoms with Crippen LogP contribution in [0.3, 0.4) is 0 Å². The van der Waals surface area contributed by atoms with E-state index in [2.05, 4.69) is 9.71 Å². The molecular weight excluding hydrogens is 376 g/mol. The van der Waals surface area contributed by atoms with Crippen LogP contribution in [0.15, 0.2) is 65.7 Å². The number of rotatable bonds is 5. The van der Waals surface area contributed by atoms with Gasteiger partial charge in [-0.25, -0.2) is 18.2 Å². The number of aryl methyl sites for hydroxylation is 2. The molecule has 6 nitrogen and oxygen atoms in total. The molecule has 0 saturated carbocycles. The van der Waals surface area contributed by atoms with Crippen LogP contribution in [0.2, 0.25) is 0 Å². The molecular formula is C21H20N2O4S. The van der Waals surface area contributed by atoms with Gasteiger partial charge in [-0.15, -0.1) is 0 Å². The molecule has 7 heteroatoms. The van der Waals surface area contributed by atoms with Gasteiger partial charge in [-0.3, -0.25) is 4.72 Å². The summed E-state index contributed by atoms with van der Waals surface area (Å²) < 4.78 is 33.1. The molecule has 0 aliphatic carbocycles. The Morgan fingerprint density at radius 2 is 1.61 bits per heavy atom. The number of esters is 1. The molecule has 1 aromatic heterocycles. The number of aromatic nitrogens is 1. The molecule has 1 N–H and O–H groups in total. The van der Waals surface area contributed by atoms with Crippen LogP contribution < -0.4 is 4.72 Å². The Bertz CT molecular complexity index is 1110. The molecule has 0 aliphatic rings. The first-order valence-electron chi connectivity index (χ1n) is 8.55. The topological polar surface area (TPSA) is 85.4 Å². The van der Waals surface area contributed by atoms with Gasteiger partial charge in [-0.05, 0) is 48.7 Å². The SMILES string of the molecule is COC(=O)c1ncc(-c2ccccc2)cc1NS(=O)(=O)c1cc(C)cc(C)c1. The number of ether oxygens (including phenoxy) is 1. The molecule has 0 bridgehead atoms. The first-order chi connectivity index (χ1) is 13.3. The third-order valence-electron chi connectivity index (χ3n) is 4.12. The van der Waals surface area contributed by atoms with Crippen molar-refractivity contribution < 1.29 is 17.9 Å². The third kappa shape index (κ3) is 4.20. The monoisotopic (exact) mass is 396 g/mol. The summed E-state index contributed by atoms with van der Waals surface area (Å²) in [6.07, 6.45) is 1.51. The van der Waals surface area contributed by atoms with Gasteiger partial charge in [0.15, 0.2) is 5.69 Å². The molecule has 0 fully saturated rings. The van der Waals surface area contributed by atoms with Gasteiger partial charge in [-0.1, -0.05) is 36.4 Å². The zero-order chi connectivity index (χ0) is 20.3. The molecule has 0 radical (unpaired) electrons. The Kier molecular flexibility index (Phi) is 5.46. The van der Waals surface area contributed by atoms with Gasteiger partial charge in [0.25, 0.3) is 10.0 Å². The van der Waals surface area contributed by atoms with Gasteiger partial charge in [0.2, 0.25) is 0 Å². The van der Waals surface area contributed by atoms with E-state index in [1.54, 1.807) is 18.2 Å². The lowest BCUT2D eigenvalue weighted by molar-refractivity contribution is 0.0595. The summed E-state index contributed by atoms with van der Waals surface area (Å²) in [5.41, 5.74) is 3.13. The molecule has 28 heavy (non-hydrogen) atoms. The van der Waals surface area contributed by atoms with E-state index in [1.165, 1.54) is 13.3 Å². The first kappa shape index (κ1) is 19.6. The van der Waals surface area contributed by atoms with Gasteiger partial charge in [-0.2, -0.15) is 0 Å². The van der Waals surface area contributed by atoms with Crippen molar-refractivity contribution in [1.29, 1.82) is 0 Å². The molecule has 3 rings (SSSR count). The van der Waals surface area contributed by atoms with Gasteiger partial charge >= 0.3 is 5.97 Å². The summed E-state index contributed by atoms with van der Waals surface area (Å²) in [5.74, 6) is -0.724. The molecule has 0 unspecified atom stereocenters. The number of benzene rings is 2. The number of carbonyl (C=O) groups is 1. The third-order valence-corrected chi connectivity index (χ3v) is 5.47. The molecule has 0 aliphatic heterocycles. The van der Waals surface area contributed by atoms with E-state index in [0.717, 1.165) is 16.7 Å². The smallest absolute Gasteiger partial charge is 0.358 e. The highest BCUT2D eigenvalue weighted by Gasteiger charge is 2.21. The maximum absolute atomic E-state index is 12.9. The predicted molar refractivity (Wildman–Crippen MR) is 108 cm³/mol. The lowest BCUT2D eigenvalue weighted by Crippen LogP contribution is -2.17. The fourth-order valence-corrected chi connectivity index (χ4v) is 4.13. The Hall–Kier alpha value is -3.19. The van der Waals surface area contributed by atoms with E-state index in [4.69, 9.17) is 4.74 Å². The van der Waals surface area contributed by atoms with Crippen molar-refractivity contribution in [3.8, 4) is 11.1 Å². The minimum absolute atomic E-state index is 0.0624. The second-order valence-corrected chi connectivity index (χ2v) is 8.09. The predicted octanol–water partition coefficient (Wildman–Crippen LogP) is 3.95. The highest BCUT2D eigenvalue weighted by molar-refractivity contribution is 7.92. The van der Waals surface area contributed by atoms with Crippen LogP contribution >= 0.6 is 0 Å². The second kappa shape index (κ2) is 7.82. The normalized spacial score (nSPS) is 11.1. The molecule has 0 amide bonds. The van der Waals surface area contributed by atoms with Crippen LogP contribution in [0.5, 0.6) is 0 Å². The molecule has 0 saturated heterocycles. The first-order valence-corrected chi connectivity index (χ1v) is 10.0. The fourth-order valence-electron chi connectivity index (χ4n) is 2.88. The van der Waals surface area contributed by atoms with Crippen LogP contribution in [0, 0.1) is 13.8 Å². The van der Waals surface area contributed by atoms with Gasteiger partial charge in [0.1, 0.15) is 0 Å². The number of pyridine rings is 1. The number of anilines is 1. The van der Waals surface area contributed by atoms with Crippen molar-refractivity contribution in [3.63, 3.8) is 0 Å². The van der Waals surface area contributed by atoms with Crippen molar-refractivity contribution >= 4 is 21.7 Å². The van der Waals surface area contributed by atoms with E-state index in [9.17, 15) is 13.2 Å². The number of hydrogen-bond donors (Lipinski definition) is 1. The summed E-state index contributed by atoms with van der Waals surface area (Å²) in [6, 6.07) is 16.0. The fraction of sp³-hybridized carbons (Fsp3) is 0.143. The minimum Gasteiger partial charge on any atom is -0.464 e. The average molecular weight is 396 g/mol. The van der Waals surface area contributed by atoms with Crippen LogP contribution in [-0.4, -0.2) is 26.5 Å². The minimum atomic E-state index is -3.92. The molecule has 2 aromatic carbocycles. The summed E-state index contributed by atoms with van der Waals surface area (Å²) >= 11 is 0. The number of nitrogens with one attached hydrogen (secondary N) is 1. The van der Waals surface area contributed by atoms with Crippen LogP contribution in [0.1, 0.15) is 21.6 Å². The lowest BCUT2D eigenvalue weighted by atomic mass is 10.1. The van der Waals surface area contributed by atoms with Gasteiger partial charge in [0.05, 0.1) is 17.7 Å². The zero-order valence-corrected chi connectivity index (χ0v) is 16.6. The zero-order valence-electron chi connectivity index (χ0n) is 15.8. The maximum Gasteiger partial charge on any atom is 0.358 e. The van der Waals surface area contributed by atoms with E-state index < -0.39 is 16.0 Å². The molecule has 1 heterocycles. The number of nitrogens with zero attached hydrogens (tertiary/aromatic N) is 1. The Morgan fingerprint density at radius 1 is 0.964 bits per heavy atom. The van der Waals surface area contributed by atoms with E-state index >= 15 is 0 Å². The van der Waals surface area contributed by atoms with E-state index in [0.29, 0.717) is 5.56 Å². The molecule has 0 atom stereocenters. The summed E-state index contributed by atoms with van der Waals surface area (Å²) in [4.78, 5) is 16.3. The van der Waals surface area contributed by atoms with Crippen molar-refractivity contribution in [2.75, 3.05) is 11.8 Å². The Morgan fingerprint density at radius 3 is 2.21 bits per heavy atom. The standard InChI is InChI=1S/C21H20N2O4S/c1-14-9-15(2)11-18(10-14)28(25,26)23-19-12-17(16-7-5-4-6-8-16)13-22-20(19)21(24)27-3/h4-13,23H,1-3H3. The second-order valence-electron chi connectivity index (χ2n) is 6.41. The van der Waals surface area contributed by atoms with Crippen molar-refractivity contribution in [1.82, 2.24) is 4.98 Å². The quantitative estimate of drug-likeness (QED) is 0.660. The Labute approximate surface area is 164 Å². The van der Waals surface area contributed by atoms with Crippen LogP contribution in [-0.2, 0) is 14.8 Å². The summed E-state index contributed by atoms with van der Waals surface area (Å²) in [5, 5.41) is 0. The highest BCUT2D eigenvalue weighted by atomic mass is 32.2. The molecule has 0 spiro atoms. The summed E-state index contributed by atoms with van der Waals surface area (Å²) in [6.45, 7) is 3.65. The van der Waals surface area contributed by atoms with Crippen LogP contribution in [0.4, 0.5) is 5.69 Å². The van der Waals surface area contributed by atoms with Gasteiger partial charge < -0.3 is 4.74 Å². The van der Waals surface area contributed by atoms with E-state index in [-0.39, 0.29) is 16.3 Å². The summed E-state index contributed by atoms with van der Waals surface area (Å²) in [7, 11) is -2.70. The van der Waals surface area contributed by atoms with E-state index in [1.807, 2.05) is 50.2 Å². The lowest BCUT2D eigenvalue weighted by Gasteiger charge is -2.13. The Balaban J connectivity index is 2.09. The number of carbonyl (C=O) groups excluding carboxylic acids is 1. The number of sulfonamides is 1. The molecule has 144 valence electrons. The number of hydrogen-bond acceptors (Lipinski definition) is 5. The largest absolute Gasteiger partial charge is 0.464 e. The average Bonchev–Trinajstić information content (AvgIpc) is 2.67.